The second-order valence-corrected chi connectivity index (χ2v) is 5.63. The molecule has 1 aliphatic rings. The molecule has 2 N–H and O–H groups in total. The fourth-order valence-electron chi connectivity index (χ4n) is 2.93. The number of para-hydroxylation sites is 1. The second kappa shape index (κ2) is 5.07. The molecule has 0 fully saturated rings. The third-order valence-electron chi connectivity index (χ3n) is 3.89. The Labute approximate surface area is 125 Å². The summed E-state index contributed by atoms with van der Waals surface area (Å²) in [6.45, 7) is 0. The van der Waals surface area contributed by atoms with E-state index in [0.29, 0.717) is 6.42 Å². The molecular weight excluding hydrogens is 301 g/mol. The molecule has 1 unspecified atom stereocenters. The molecule has 1 atom stereocenters. The van der Waals surface area contributed by atoms with Gasteiger partial charge in [-0.3, -0.25) is 0 Å². The van der Waals surface area contributed by atoms with Crippen molar-refractivity contribution in [3.63, 3.8) is 0 Å². The molecule has 6 heteroatoms. The monoisotopic (exact) mass is 314 g/mol. The van der Waals surface area contributed by atoms with E-state index in [0.717, 1.165) is 30.2 Å². The van der Waals surface area contributed by atoms with Crippen LogP contribution in [-0.2, 0) is 12.6 Å². The van der Waals surface area contributed by atoms with Gasteiger partial charge < -0.3 is 10.3 Å². The Morgan fingerprint density at radius 3 is 2.71 bits per heavy atom. The normalized spacial score (nSPS) is 18.6. The molecule has 0 aliphatic heterocycles. The standard InChI is InChI=1S/C15H14ClF3N2/c16-11-4-1-3-10(15(17,18)19)14(11)21-8-7-9-12(20)5-2-6-13(9)21/h1,3-4,7-8,12H,2,5-6,20H2. The summed E-state index contributed by atoms with van der Waals surface area (Å²) in [5, 5.41) is 0.0855. The largest absolute Gasteiger partial charge is 0.418 e. The number of fused-ring (bicyclic) bond motifs is 1. The molecule has 0 radical (unpaired) electrons. The molecule has 1 heterocycles. The van der Waals surface area contributed by atoms with Crippen molar-refractivity contribution in [1.82, 2.24) is 4.57 Å². The van der Waals surface area contributed by atoms with Crippen LogP contribution < -0.4 is 5.73 Å². The topological polar surface area (TPSA) is 30.9 Å². The first-order valence-electron chi connectivity index (χ1n) is 6.71. The number of aromatic nitrogens is 1. The Bertz CT molecular complexity index is 676. The van der Waals surface area contributed by atoms with Crippen LogP contribution in [0.4, 0.5) is 13.2 Å². The molecule has 1 aromatic carbocycles. The maximum absolute atomic E-state index is 13.2. The minimum atomic E-state index is -4.45. The number of rotatable bonds is 1. The lowest BCUT2D eigenvalue weighted by Gasteiger charge is -2.23. The molecule has 3 rings (SSSR count). The summed E-state index contributed by atoms with van der Waals surface area (Å²) in [4.78, 5) is 0. The first-order valence-corrected chi connectivity index (χ1v) is 7.09. The van der Waals surface area contributed by atoms with Crippen LogP contribution in [0, 0.1) is 0 Å². The van der Waals surface area contributed by atoms with Gasteiger partial charge in [-0.1, -0.05) is 17.7 Å². The zero-order chi connectivity index (χ0) is 15.2. The van der Waals surface area contributed by atoms with Crippen molar-refractivity contribution in [2.75, 3.05) is 0 Å². The number of hydrogen-bond acceptors (Lipinski definition) is 1. The minimum Gasteiger partial charge on any atom is -0.324 e. The van der Waals surface area contributed by atoms with Crippen LogP contribution in [0.1, 0.15) is 35.7 Å². The van der Waals surface area contributed by atoms with Gasteiger partial charge >= 0.3 is 6.18 Å². The molecular formula is C15H14ClF3N2. The van der Waals surface area contributed by atoms with Gasteiger partial charge in [0.1, 0.15) is 0 Å². The van der Waals surface area contributed by atoms with E-state index in [1.807, 2.05) is 0 Å². The van der Waals surface area contributed by atoms with E-state index in [1.165, 1.54) is 12.1 Å². The Hall–Kier alpha value is -1.46. The maximum atomic E-state index is 13.2. The number of alkyl halides is 3. The lowest BCUT2D eigenvalue weighted by molar-refractivity contribution is -0.137. The van der Waals surface area contributed by atoms with Crippen molar-refractivity contribution in [3.8, 4) is 5.69 Å². The SMILES string of the molecule is NC1CCCc2c1ccn2-c1c(Cl)cccc1C(F)(F)F. The van der Waals surface area contributed by atoms with Gasteiger partial charge in [-0.25, -0.2) is 0 Å². The fourth-order valence-corrected chi connectivity index (χ4v) is 3.19. The summed E-state index contributed by atoms with van der Waals surface area (Å²) in [6.07, 6.45) is -0.394. The van der Waals surface area contributed by atoms with Crippen LogP contribution in [0.25, 0.3) is 5.69 Å². The predicted octanol–water partition coefficient (Wildman–Crippen LogP) is 4.49. The Kier molecular flexibility index (Phi) is 3.50. The number of hydrogen-bond donors (Lipinski definition) is 1. The van der Waals surface area contributed by atoms with E-state index in [1.54, 1.807) is 16.8 Å². The molecule has 2 aromatic rings. The smallest absolute Gasteiger partial charge is 0.324 e. The number of benzene rings is 1. The lowest BCUT2D eigenvalue weighted by Crippen LogP contribution is -2.19. The summed E-state index contributed by atoms with van der Waals surface area (Å²) in [7, 11) is 0. The summed E-state index contributed by atoms with van der Waals surface area (Å²) in [5.41, 5.74) is 7.03. The third-order valence-corrected chi connectivity index (χ3v) is 4.19. The highest BCUT2D eigenvalue weighted by Crippen LogP contribution is 2.39. The first kappa shape index (κ1) is 14.5. The Morgan fingerprint density at radius 2 is 2.00 bits per heavy atom. The average Bonchev–Trinajstić information content (AvgIpc) is 2.82. The highest BCUT2D eigenvalue weighted by atomic mass is 35.5. The van der Waals surface area contributed by atoms with Crippen molar-refractivity contribution >= 4 is 11.6 Å². The summed E-state index contributed by atoms with van der Waals surface area (Å²) >= 11 is 6.05. The van der Waals surface area contributed by atoms with E-state index < -0.39 is 11.7 Å². The van der Waals surface area contributed by atoms with Crippen LogP contribution in [0.3, 0.4) is 0 Å². The fraction of sp³-hybridized carbons (Fsp3) is 0.333. The van der Waals surface area contributed by atoms with E-state index in [9.17, 15) is 13.2 Å². The molecule has 0 amide bonds. The first-order chi connectivity index (χ1) is 9.89. The quantitative estimate of drug-likeness (QED) is 0.826. The van der Waals surface area contributed by atoms with E-state index in [-0.39, 0.29) is 16.8 Å². The van der Waals surface area contributed by atoms with Crippen molar-refractivity contribution in [2.24, 2.45) is 5.73 Å². The van der Waals surface area contributed by atoms with E-state index in [2.05, 4.69) is 0 Å². The molecule has 2 nitrogen and oxygen atoms in total. The van der Waals surface area contributed by atoms with Gasteiger partial charge in [0.15, 0.2) is 0 Å². The molecule has 21 heavy (non-hydrogen) atoms. The molecule has 112 valence electrons. The van der Waals surface area contributed by atoms with Gasteiger partial charge in [0.2, 0.25) is 0 Å². The van der Waals surface area contributed by atoms with E-state index >= 15 is 0 Å². The zero-order valence-corrected chi connectivity index (χ0v) is 11.9. The summed E-state index contributed by atoms with van der Waals surface area (Å²) in [6, 6.07) is 5.52. The minimum absolute atomic E-state index is 0.0120. The van der Waals surface area contributed by atoms with Crippen molar-refractivity contribution in [3.05, 3.63) is 52.3 Å². The Morgan fingerprint density at radius 1 is 1.24 bits per heavy atom. The van der Waals surface area contributed by atoms with E-state index in [4.69, 9.17) is 17.3 Å². The van der Waals surface area contributed by atoms with Gasteiger partial charge in [0.05, 0.1) is 16.3 Å². The molecule has 0 saturated heterocycles. The summed E-state index contributed by atoms with van der Waals surface area (Å²) < 4.78 is 41.2. The molecule has 0 spiro atoms. The van der Waals surface area contributed by atoms with Gasteiger partial charge in [-0.15, -0.1) is 0 Å². The van der Waals surface area contributed by atoms with Gasteiger partial charge in [0, 0.05) is 17.9 Å². The lowest BCUT2D eigenvalue weighted by atomic mass is 9.93. The van der Waals surface area contributed by atoms with Crippen LogP contribution in [-0.4, -0.2) is 4.57 Å². The predicted molar refractivity (Wildman–Crippen MR) is 75.6 cm³/mol. The molecule has 0 bridgehead atoms. The molecule has 1 aliphatic carbocycles. The second-order valence-electron chi connectivity index (χ2n) is 5.22. The van der Waals surface area contributed by atoms with Crippen LogP contribution in [0.5, 0.6) is 0 Å². The highest BCUT2D eigenvalue weighted by Gasteiger charge is 2.35. The maximum Gasteiger partial charge on any atom is 0.418 e. The van der Waals surface area contributed by atoms with Crippen LogP contribution in [0.2, 0.25) is 5.02 Å². The average molecular weight is 315 g/mol. The van der Waals surface area contributed by atoms with Crippen LogP contribution in [0.15, 0.2) is 30.5 Å². The van der Waals surface area contributed by atoms with Gasteiger partial charge in [0.25, 0.3) is 0 Å². The van der Waals surface area contributed by atoms with Crippen molar-refractivity contribution < 1.29 is 13.2 Å². The zero-order valence-electron chi connectivity index (χ0n) is 11.1. The van der Waals surface area contributed by atoms with Gasteiger partial charge in [-0.05, 0) is 43.0 Å². The molecule has 0 saturated carbocycles. The van der Waals surface area contributed by atoms with Crippen molar-refractivity contribution in [1.29, 1.82) is 0 Å². The van der Waals surface area contributed by atoms with Crippen molar-refractivity contribution in [2.45, 2.75) is 31.5 Å². The highest BCUT2D eigenvalue weighted by molar-refractivity contribution is 6.32. The summed E-state index contributed by atoms with van der Waals surface area (Å²) in [5.74, 6) is 0. The van der Waals surface area contributed by atoms with Gasteiger partial charge in [-0.2, -0.15) is 13.2 Å². The van der Waals surface area contributed by atoms with Crippen LogP contribution >= 0.6 is 11.6 Å². The third kappa shape index (κ3) is 2.45. The Balaban J connectivity index is 2.23. The number of nitrogens with two attached hydrogens (primary N) is 1. The molecule has 1 aromatic heterocycles. The number of nitrogens with zero attached hydrogens (tertiary/aromatic N) is 1. The number of halogens is 4.